The van der Waals surface area contributed by atoms with Gasteiger partial charge in [-0.1, -0.05) is 18.6 Å². The Morgan fingerprint density at radius 1 is 1.00 bits per heavy atom. The molecule has 2 fully saturated rings. The van der Waals surface area contributed by atoms with Gasteiger partial charge in [0.2, 0.25) is 17.2 Å². The van der Waals surface area contributed by atoms with Gasteiger partial charge in [0, 0.05) is 75.2 Å². The van der Waals surface area contributed by atoms with Crippen LogP contribution in [0.2, 0.25) is 0 Å². The highest BCUT2D eigenvalue weighted by atomic mass is 19.1. The highest BCUT2D eigenvalue weighted by Gasteiger charge is 2.51. The Labute approximate surface area is 323 Å². The molecule has 1 aliphatic carbocycles. The first-order valence-corrected chi connectivity index (χ1v) is 19.0. The topological polar surface area (TPSA) is 217 Å². The zero-order valence-corrected chi connectivity index (χ0v) is 32.0. The number of carboxylic acids is 1. The van der Waals surface area contributed by atoms with Crippen molar-refractivity contribution in [1.82, 2.24) is 25.4 Å². The lowest BCUT2D eigenvalue weighted by Gasteiger charge is -2.40. The fourth-order valence-corrected chi connectivity index (χ4v) is 6.98. The Morgan fingerprint density at radius 3 is 2.27 bits per heavy atom. The molecule has 1 unspecified atom stereocenters. The van der Waals surface area contributed by atoms with Crippen LogP contribution >= 0.6 is 0 Å². The summed E-state index contributed by atoms with van der Waals surface area (Å²) in [7, 11) is 0. The first kappa shape index (κ1) is 41.3. The van der Waals surface area contributed by atoms with Crippen LogP contribution in [0.15, 0.2) is 47.4 Å². The lowest BCUT2D eigenvalue weighted by Crippen LogP contribution is -2.58. The number of aryl methyl sites for hydroxylation is 1. The molecule has 16 nitrogen and oxygen atoms in total. The predicted molar refractivity (Wildman–Crippen MR) is 208 cm³/mol. The van der Waals surface area contributed by atoms with Crippen molar-refractivity contribution in [3.05, 3.63) is 69.8 Å². The minimum atomic E-state index is -1.37. The van der Waals surface area contributed by atoms with E-state index in [9.17, 15) is 33.9 Å². The van der Waals surface area contributed by atoms with E-state index >= 15 is 4.39 Å². The molecule has 2 aromatic carbocycles. The molecule has 5 rings (SSSR count). The average molecular weight is 779 g/mol. The van der Waals surface area contributed by atoms with Gasteiger partial charge in [-0.15, -0.1) is 0 Å². The number of nitrogens with zero attached hydrogens (tertiary/aromatic N) is 3. The first-order valence-electron chi connectivity index (χ1n) is 19.0. The number of fused-ring (bicyclic) bond motifs is 1. The molecule has 302 valence electrons. The van der Waals surface area contributed by atoms with Gasteiger partial charge in [-0.3, -0.25) is 14.4 Å². The van der Waals surface area contributed by atoms with Gasteiger partial charge in [-0.25, -0.2) is 18.8 Å². The number of hydrogen-bond donors (Lipinski definition) is 6. The third kappa shape index (κ3) is 9.67. The second kappa shape index (κ2) is 18.2. The van der Waals surface area contributed by atoms with Gasteiger partial charge in [0.1, 0.15) is 23.4 Å². The summed E-state index contributed by atoms with van der Waals surface area (Å²) in [5.74, 6) is -2.60. The number of nitrogens with one attached hydrogen (secondary N) is 4. The first-order chi connectivity index (χ1) is 26.7. The van der Waals surface area contributed by atoms with Crippen molar-refractivity contribution in [2.24, 2.45) is 11.1 Å². The maximum absolute atomic E-state index is 15.3. The van der Waals surface area contributed by atoms with Crippen LogP contribution in [-0.2, 0) is 27.5 Å². The largest absolute Gasteiger partial charge is 0.477 e. The summed E-state index contributed by atoms with van der Waals surface area (Å²) in [4.78, 5) is 78.1. The van der Waals surface area contributed by atoms with Crippen molar-refractivity contribution in [3.63, 3.8) is 0 Å². The normalized spacial score (nSPS) is 15.4. The van der Waals surface area contributed by atoms with Gasteiger partial charge in [-0.2, -0.15) is 0 Å². The summed E-state index contributed by atoms with van der Waals surface area (Å²) in [5, 5.41) is 21.2. The van der Waals surface area contributed by atoms with E-state index in [-0.39, 0.29) is 54.7 Å². The Hall–Kier alpha value is -5.87. The van der Waals surface area contributed by atoms with Gasteiger partial charge in [0.15, 0.2) is 0 Å². The number of carbonyl (C=O) groups is 5. The number of benzene rings is 2. The summed E-state index contributed by atoms with van der Waals surface area (Å²) in [6, 6.07) is 8.86. The van der Waals surface area contributed by atoms with E-state index in [1.54, 1.807) is 27.4 Å². The lowest BCUT2D eigenvalue weighted by atomic mass is 9.67. The molecular formula is C39H51FN8O8. The number of pyridine rings is 1. The number of aromatic nitrogens is 1. The molecule has 56 heavy (non-hydrogen) atoms. The van der Waals surface area contributed by atoms with Gasteiger partial charge in [0.25, 0.3) is 0 Å². The molecule has 0 bridgehead atoms. The van der Waals surface area contributed by atoms with Crippen LogP contribution in [0.5, 0.6) is 0 Å². The van der Waals surface area contributed by atoms with Crippen LogP contribution in [0, 0.1) is 11.2 Å². The molecule has 5 amide bonds. The second-order valence-corrected chi connectivity index (χ2v) is 14.6. The Balaban J connectivity index is 1.13. The summed E-state index contributed by atoms with van der Waals surface area (Å²) in [6.07, 6.45) is 3.60. The summed E-state index contributed by atoms with van der Waals surface area (Å²) >= 11 is 0. The number of hydrogen-bond acceptors (Lipinski definition) is 9. The molecule has 2 heterocycles. The van der Waals surface area contributed by atoms with Crippen molar-refractivity contribution >= 4 is 52.2 Å². The third-order valence-corrected chi connectivity index (χ3v) is 10.3. The van der Waals surface area contributed by atoms with Crippen molar-refractivity contribution in [3.8, 4) is 0 Å². The zero-order chi connectivity index (χ0) is 40.6. The fourth-order valence-electron chi connectivity index (χ4n) is 6.98. The Morgan fingerprint density at radius 2 is 1.68 bits per heavy atom. The smallest absolute Gasteiger partial charge is 0.410 e. The Kier molecular flexibility index (Phi) is 13.4. The molecule has 1 atom stereocenters. The number of carbonyl (C=O) groups excluding carboxylic acids is 4. The minimum absolute atomic E-state index is 0.00972. The molecule has 0 spiro atoms. The van der Waals surface area contributed by atoms with Gasteiger partial charge in [0.05, 0.1) is 11.2 Å². The maximum Gasteiger partial charge on any atom is 0.410 e. The number of nitrogens with two attached hydrogens (primary N) is 1. The SMILES string of the molecule is CCn1cc(C(=O)O)c(=O)c2cc(F)c(N3CCN(C(=O)OCc4ccc(NCC(CCCNC(N)=O)NC(=O)C5(C(=O)NC(C)C)CCC5)cc4)CC3)cc21. The fraction of sp³-hybridized carbons (Fsp3) is 0.487. The molecule has 0 radical (unpaired) electrons. The molecule has 1 saturated carbocycles. The highest BCUT2D eigenvalue weighted by Crippen LogP contribution is 2.41. The van der Waals surface area contributed by atoms with E-state index in [2.05, 4.69) is 21.3 Å². The van der Waals surface area contributed by atoms with Crippen LogP contribution in [0.25, 0.3) is 10.9 Å². The number of piperazine rings is 1. The second-order valence-electron chi connectivity index (χ2n) is 14.6. The van der Waals surface area contributed by atoms with Crippen LogP contribution in [0.1, 0.15) is 68.8 Å². The number of primary amides is 1. The number of ether oxygens (including phenoxy) is 1. The summed E-state index contributed by atoms with van der Waals surface area (Å²) in [6.45, 7) is 7.79. The van der Waals surface area contributed by atoms with E-state index in [1.165, 1.54) is 6.20 Å². The quantitative estimate of drug-likeness (QED) is 0.0921. The van der Waals surface area contributed by atoms with Crippen LogP contribution in [0.4, 0.5) is 25.4 Å². The van der Waals surface area contributed by atoms with Crippen LogP contribution in [-0.4, -0.2) is 95.8 Å². The van der Waals surface area contributed by atoms with E-state index in [0.29, 0.717) is 63.9 Å². The van der Waals surface area contributed by atoms with Gasteiger partial charge < -0.3 is 51.2 Å². The molecule has 2 aliphatic rings. The predicted octanol–water partition coefficient (Wildman–Crippen LogP) is 3.36. The number of aromatic carboxylic acids is 1. The third-order valence-electron chi connectivity index (χ3n) is 10.3. The molecule has 1 aliphatic heterocycles. The maximum atomic E-state index is 15.3. The number of halogens is 1. The van der Waals surface area contributed by atoms with E-state index in [0.717, 1.165) is 23.7 Å². The lowest BCUT2D eigenvalue weighted by molar-refractivity contribution is -0.150. The van der Waals surface area contributed by atoms with E-state index in [1.807, 2.05) is 38.1 Å². The summed E-state index contributed by atoms with van der Waals surface area (Å²) in [5.41, 5.74) is 5.13. The van der Waals surface area contributed by atoms with Crippen LogP contribution in [0.3, 0.4) is 0 Å². The molecule has 1 aromatic heterocycles. The van der Waals surface area contributed by atoms with Crippen molar-refractivity contribution in [1.29, 1.82) is 0 Å². The standard InChI is InChI=1S/C39H51FN8O8/c1-4-46-22-29(34(50)51)33(49)28-19-30(40)32(20-31(28)46)47-15-17-48(18-16-47)38(55)56-23-25-8-10-26(11-9-25)43-21-27(7-5-14-42-37(41)54)45-36(53)39(12-6-13-39)35(52)44-24(2)3/h8-11,19-20,22,24,27,43H,4-7,12-18,21,23H2,1-3H3,(H,44,52)(H,45,53)(H,50,51)(H3,41,42,54). The van der Waals surface area contributed by atoms with Gasteiger partial charge >= 0.3 is 18.1 Å². The zero-order valence-electron chi connectivity index (χ0n) is 32.0. The number of carboxylic acid groups (broad SMARTS) is 1. The number of amides is 5. The molecular weight excluding hydrogens is 727 g/mol. The van der Waals surface area contributed by atoms with Crippen molar-refractivity contribution in [2.45, 2.75) is 78.1 Å². The van der Waals surface area contributed by atoms with E-state index < -0.39 is 40.3 Å². The van der Waals surface area contributed by atoms with Crippen LogP contribution < -0.4 is 37.3 Å². The highest BCUT2D eigenvalue weighted by molar-refractivity contribution is 6.06. The van der Waals surface area contributed by atoms with Crippen molar-refractivity contribution < 1.29 is 38.2 Å². The van der Waals surface area contributed by atoms with E-state index in [4.69, 9.17) is 10.5 Å². The minimum Gasteiger partial charge on any atom is -0.477 e. The molecule has 17 heteroatoms. The number of anilines is 2. The molecule has 3 aromatic rings. The Bertz CT molecular complexity index is 1990. The number of urea groups is 1. The molecule has 1 saturated heterocycles. The average Bonchev–Trinajstić information content (AvgIpc) is 3.14. The van der Waals surface area contributed by atoms with Gasteiger partial charge in [-0.05, 0) is 76.3 Å². The summed E-state index contributed by atoms with van der Waals surface area (Å²) < 4.78 is 22.5. The number of rotatable bonds is 16. The monoisotopic (exact) mass is 778 g/mol. The molecule has 7 N–H and O–H groups in total. The van der Waals surface area contributed by atoms with Crippen molar-refractivity contribution in [2.75, 3.05) is 49.5 Å².